The Morgan fingerprint density at radius 1 is 1.27 bits per heavy atom. The van der Waals surface area contributed by atoms with Gasteiger partial charge in [0, 0.05) is 55.0 Å². The van der Waals surface area contributed by atoms with Gasteiger partial charge in [-0.15, -0.1) is 10.2 Å². The molecule has 1 fully saturated rings. The maximum Gasteiger partial charge on any atom is 0.185 e. The predicted octanol–water partition coefficient (Wildman–Crippen LogP) is 3.42. The third-order valence-corrected chi connectivity index (χ3v) is 7.32. The van der Waals surface area contributed by atoms with Crippen LogP contribution in [-0.4, -0.2) is 46.0 Å². The van der Waals surface area contributed by atoms with Gasteiger partial charge in [0.1, 0.15) is 6.33 Å². The molecule has 0 radical (unpaired) electrons. The molecule has 166 valence electrons. The van der Waals surface area contributed by atoms with Crippen molar-refractivity contribution in [3.63, 3.8) is 0 Å². The normalized spacial score (nSPS) is 21.4. The number of fused-ring (bicyclic) bond motifs is 5. The number of rotatable bonds is 4. The van der Waals surface area contributed by atoms with E-state index >= 15 is 0 Å². The van der Waals surface area contributed by atoms with Crippen molar-refractivity contribution in [3.05, 3.63) is 71.7 Å². The summed E-state index contributed by atoms with van der Waals surface area (Å²) in [6, 6.07) is 11.2. The largest absolute Gasteiger partial charge is 0.371 e. The number of nitrogens with one attached hydrogen (secondary N) is 1. The molecule has 0 spiro atoms. The molecule has 7 nitrogen and oxygen atoms in total. The number of hydrogen-bond donors (Lipinski definition) is 1. The highest BCUT2D eigenvalue weighted by Crippen LogP contribution is 2.39. The minimum atomic E-state index is -0.144. The van der Waals surface area contributed by atoms with Crippen molar-refractivity contribution in [1.82, 2.24) is 24.6 Å². The van der Waals surface area contributed by atoms with E-state index in [1.807, 2.05) is 25.5 Å². The Balaban J connectivity index is 1.37. The second-order valence-corrected chi connectivity index (χ2v) is 9.63. The molecule has 3 aliphatic rings. The lowest BCUT2D eigenvalue weighted by atomic mass is 9.77. The fourth-order valence-corrected chi connectivity index (χ4v) is 5.27. The molecule has 0 amide bonds. The SMILES string of the molecule is CNCC1CN(c2ccc3c(c2)Cn2cc(C4(C)C=CC(C#N)=CC4)cc2-c2nncn2-3)C1. The van der Waals surface area contributed by atoms with Crippen molar-refractivity contribution in [3.8, 4) is 23.3 Å². The summed E-state index contributed by atoms with van der Waals surface area (Å²) in [5.41, 5.74) is 6.58. The van der Waals surface area contributed by atoms with E-state index in [2.05, 4.69) is 79.1 Å². The number of benzene rings is 1. The van der Waals surface area contributed by atoms with Gasteiger partial charge in [-0.1, -0.05) is 19.1 Å². The Hall–Kier alpha value is -3.63. The molecule has 1 atom stereocenters. The first-order valence-corrected chi connectivity index (χ1v) is 11.5. The Kier molecular flexibility index (Phi) is 4.52. The number of allylic oxidation sites excluding steroid dienone is 4. The lowest BCUT2D eigenvalue weighted by Gasteiger charge is -2.41. The zero-order valence-electron chi connectivity index (χ0n) is 19.0. The van der Waals surface area contributed by atoms with Crippen LogP contribution in [0.1, 0.15) is 24.5 Å². The van der Waals surface area contributed by atoms with Crippen LogP contribution in [0, 0.1) is 17.2 Å². The molecular formula is C26H27N7. The Morgan fingerprint density at radius 2 is 2.15 bits per heavy atom. The Morgan fingerprint density at radius 3 is 2.91 bits per heavy atom. The van der Waals surface area contributed by atoms with Gasteiger partial charge in [-0.25, -0.2) is 0 Å². The van der Waals surface area contributed by atoms with Crippen LogP contribution in [0.15, 0.2) is 60.6 Å². The molecule has 6 rings (SSSR count). The standard InChI is InChI=1S/C26H27N7/c1-26(7-5-18(11-27)6-8-26)21-10-24-25-30-29-17-33(25)23-4-3-22(9-20(23)15-32(24)16-21)31-13-19(14-31)12-28-2/h3-7,9-10,16-17,19,28H,8,12-15H2,1-2H3. The summed E-state index contributed by atoms with van der Waals surface area (Å²) < 4.78 is 4.41. The molecule has 1 aromatic carbocycles. The van der Waals surface area contributed by atoms with E-state index in [0.29, 0.717) is 0 Å². The fraction of sp³-hybridized carbons (Fsp3) is 0.346. The highest BCUT2D eigenvalue weighted by Gasteiger charge is 2.31. The van der Waals surface area contributed by atoms with E-state index in [1.165, 1.54) is 16.8 Å². The molecule has 1 N–H and O–H groups in total. The summed E-state index contributed by atoms with van der Waals surface area (Å²) in [5, 5.41) is 21.2. The number of nitrogens with zero attached hydrogens (tertiary/aromatic N) is 6. The van der Waals surface area contributed by atoms with E-state index in [9.17, 15) is 5.26 Å². The van der Waals surface area contributed by atoms with Crippen LogP contribution < -0.4 is 10.2 Å². The van der Waals surface area contributed by atoms with Gasteiger partial charge in [-0.05, 0) is 54.9 Å². The Labute approximate surface area is 193 Å². The molecule has 4 heterocycles. The molecule has 0 saturated carbocycles. The minimum absolute atomic E-state index is 0.144. The Bertz CT molecular complexity index is 1330. The zero-order valence-corrected chi connectivity index (χ0v) is 19.0. The van der Waals surface area contributed by atoms with Gasteiger partial charge in [0.2, 0.25) is 0 Å². The van der Waals surface area contributed by atoms with Crippen LogP contribution in [0.4, 0.5) is 5.69 Å². The van der Waals surface area contributed by atoms with E-state index < -0.39 is 0 Å². The highest BCUT2D eigenvalue weighted by molar-refractivity contribution is 5.64. The van der Waals surface area contributed by atoms with Crippen molar-refractivity contribution in [2.24, 2.45) is 5.92 Å². The molecule has 0 bridgehead atoms. The van der Waals surface area contributed by atoms with Gasteiger partial charge < -0.3 is 14.8 Å². The predicted molar refractivity (Wildman–Crippen MR) is 128 cm³/mol. The van der Waals surface area contributed by atoms with Gasteiger partial charge in [-0.3, -0.25) is 4.57 Å². The van der Waals surface area contributed by atoms with Crippen molar-refractivity contribution >= 4 is 5.69 Å². The lowest BCUT2D eigenvalue weighted by molar-refractivity contribution is 0.397. The molecule has 3 aromatic rings. The van der Waals surface area contributed by atoms with E-state index in [4.69, 9.17) is 0 Å². The molecule has 2 aromatic heterocycles. The average Bonchev–Trinajstić information content (AvgIpc) is 3.42. The summed E-state index contributed by atoms with van der Waals surface area (Å²) in [4.78, 5) is 2.45. The molecule has 33 heavy (non-hydrogen) atoms. The highest BCUT2D eigenvalue weighted by atomic mass is 15.3. The van der Waals surface area contributed by atoms with Crippen LogP contribution in [0.2, 0.25) is 0 Å². The number of hydrogen-bond acceptors (Lipinski definition) is 5. The van der Waals surface area contributed by atoms with Crippen LogP contribution in [-0.2, 0) is 12.0 Å². The maximum atomic E-state index is 9.20. The molecule has 1 aliphatic carbocycles. The summed E-state index contributed by atoms with van der Waals surface area (Å²) >= 11 is 0. The van der Waals surface area contributed by atoms with Crippen LogP contribution in [0.5, 0.6) is 0 Å². The van der Waals surface area contributed by atoms with Crippen molar-refractivity contribution in [2.75, 3.05) is 31.6 Å². The molecular weight excluding hydrogens is 410 g/mol. The summed E-state index contributed by atoms with van der Waals surface area (Å²) in [6.07, 6.45) is 11.0. The van der Waals surface area contributed by atoms with Gasteiger partial charge >= 0.3 is 0 Å². The smallest absolute Gasteiger partial charge is 0.185 e. The van der Waals surface area contributed by atoms with E-state index in [0.717, 1.165) is 61.3 Å². The van der Waals surface area contributed by atoms with Gasteiger partial charge in [-0.2, -0.15) is 5.26 Å². The zero-order chi connectivity index (χ0) is 22.6. The summed E-state index contributed by atoms with van der Waals surface area (Å²) in [6.45, 7) is 6.28. The number of anilines is 1. The van der Waals surface area contributed by atoms with Crippen LogP contribution >= 0.6 is 0 Å². The third-order valence-electron chi connectivity index (χ3n) is 7.32. The molecule has 2 aliphatic heterocycles. The van der Waals surface area contributed by atoms with Crippen molar-refractivity contribution < 1.29 is 0 Å². The summed E-state index contributed by atoms with van der Waals surface area (Å²) in [5.74, 6) is 1.58. The van der Waals surface area contributed by atoms with Gasteiger partial charge in [0.15, 0.2) is 5.82 Å². The van der Waals surface area contributed by atoms with Crippen LogP contribution in [0.3, 0.4) is 0 Å². The third kappa shape index (κ3) is 3.21. The molecule has 1 saturated heterocycles. The van der Waals surface area contributed by atoms with E-state index in [1.54, 1.807) is 0 Å². The first-order chi connectivity index (χ1) is 16.1. The second kappa shape index (κ2) is 7.46. The molecule has 7 heteroatoms. The topological polar surface area (TPSA) is 74.7 Å². The van der Waals surface area contributed by atoms with Gasteiger partial charge in [0.05, 0.1) is 17.5 Å². The minimum Gasteiger partial charge on any atom is -0.371 e. The van der Waals surface area contributed by atoms with Crippen LogP contribution in [0.25, 0.3) is 17.2 Å². The fourth-order valence-electron chi connectivity index (χ4n) is 5.27. The molecule has 1 unspecified atom stereocenters. The monoisotopic (exact) mass is 437 g/mol. The lowest BCUT2D eigenvalue weighted by Crippen LogP contribution is -2.50. The first-order valence-electron chi connectivity index (χ1n) is 11.5. The maximum absolute atomic E-state index is 9.20. The van der Waals surface area contributed by atoms with E-state index in [-0.39, 0.29) is 5.41 Å². The number of nitriles is 1. The second-order valence-electron chi connectivity index (χ2n) is 9.63. The number of aromatic nitrogens is 4. The van der Waals surface area contributed by atoms with Crippen molar-refractivity contribution in [2.45, 2.75) is 25.3 Å². The van der Waals surface area contributed by atoms with Gasteiger partial charge in [0.25, 0.3) is 0 Å². The summed E-state index contributed by atoms with van der Waals surface area (Å²) in [7, 11) is 2.02. The first kappa shape index (κ1) is 20.0. The quantitative estimate of drug-likeness (QED) is 0.530. The van der Waals surface area contributed by atoms with Crippen molar-refractivity contribution in [1.29, 1.82) is 5.26 Å². The average molecular weight is 438 g/mol.